The lowest BCUT2D eigenvalue weighted by molar-refractivity contribution is -0.126. The first-order valence-electron chi connectivity index (χ1n) is 7.54. The van der Waals surface area contributed by atoms with Gasteiger partial charge in [-0.2, -0.15) is 8.42 Å². The average Bonchev–Trinajstić information content (AvgIpc) is 2.48. The minimum atomic E-state index is -4.42. The Balaban J connectivity index is 3.05. The predicted molar refractivity (Wildman–Crippen MR) is 98.3 cm³/mol. The Morgan fingerprint density at radius 1 is 1.38 bits per heavy atom. The lowest BCUT2D eigenvalue weighted by atomic mass is 10.1. The van der Waals surface area contributed by atoms with Crippen LogP contribution in [0.2, 0.25) is 0 Å². The molecule has 0 radical (unpaired) electrons. The number of hydrogen-bond donors (Lipinski definition) is 3. The van der Waals surface area contributed by atoms with E-state index in [0.717, 1.165) is 18.4 Å². The molecule has 0 spiro atoms. The Labute approximate surface area is 148 Å². The van der Waals surface area contributed by atoms with Crippen molar-refractivity contribution < 1.29 is 17.8 Å². The average molecular weight is 374 g/mol. The molecule has 1 rings (SSSR count). The van der Waals surface area contributed by atoms with Gasteiger partial charge in [0.1, 0.15) is 0 Å². The molecule has 0 aliphatic carbocycles. The molecule has 134 valence electrons. The number of aryl methyl sites for hydroxylation is 1. The Kier molecular flexibility index (Phi) is 7.59. The van der Waals surface area contributed by atoms with Gasteiger partial charge in [-0.15, -0.1) is 0 Å². The molecule has 9 heteroatoms. The molecule has 0 saturated heterocycles. The fourth-order valence-electron chi connectivity index (χ4n) is 2.13. The zero-order valence-corrected chi connectivity index (χ0v) is 15.6. The summed E-state index contributed by atoms with van der Waals surface area (Å²) in [6.45, 7) is 4.28. The number of nitrogens with one attached hydrogen (secondary N) is 2. The van der Waals surface area contributed by atoms with Crippen LogP contribution in [0.3, 0.4) is 0 Å². The van der Waals surface area contributed by atoms with Crippen LogP contribution in [0.15, 0.2) is 18.2 Å². The second kappa shape index (κ2) is 8.95. The van der Waals surface area contributed by atoms with E-state index in [1.165, 1.54) is 4.90 Å². The molecule has 0 atom stereocenters. The third-order valence-electron chi connectivity index (χ3n) is 3.34. The smallest absolute Gasteiger partial charge is 0.357 e. The van der Waals surface area contributed by atoms with Crippen molar-refractivity contribution in [1.29, 1.82) is 0 Å². The molecule has 1 aromatic rings. The number of unbranched alkanes of at least 4 members (excludes halogenated alkanes) is 1. The van der Waals surface area contributed by atoms with Crippen molar-refractivity contribution in [1.82, 2.24) is 10.2 Å². The molecular formula is C15H23N3O4S2. The van der Waals surface area contributed by atoms with Gasteiger partial charge in [0.15, 0.2) is 5.11 Å². The number of rotatable bonds is 7. The number of anilines is 1. The monoisotopic (exact) mass is 373 g/mol. The molecule has 1 aromatic carbocycles. The first kappa shape index (κ1) is 20.3. The number of carbonyl (C=O) groups excluding carboxylic acids is 1. The van der Waals surface area contributed by atoms with Crippen LogP contribution in [0, 0.1) is 6.92 Å². The molecule has 7 nitrogen and oxygen atoms in total. The van der Waals surface area contributed by atoms with Crippen LogP contribution in [0.4, 0.5) is 5.69 Å². The summed E-state index contributed by atoms with van der Waals surface area (Å²) >= 11 is 5.17. The molecule has 0 fully saturated rings. The topological polar surface area (TPSA) is 98.7 Å². The van der Waals surface area contributed by atoms with Crippen molar-refractivity contribution in [3.8, 4) is 0 Å². The van der Waals surface area contributed by atoms with Crippen LogP contribution in [-0.2, 0) is 21.5 Å². The normalized spacial score (nSPS) is 11.0. The second-order valence-corrected chi connectivity index (χ2v) is 6.91. The van der Waals surface area contributed by atoms with Gasteiger partial charge in [0.05, 0.1) is 12.1 Å². The maximum absolute atomic E-state index is 12.6. The zero-order valence-electron chi connectivity index (χ0n) is 14.0. The largest absolute Gasteiger partial charge is 0.365 e. The molecule has 24 heavy (non-hydrogen) atoms. The predicted octanol–water partition coefficient (Wildman–Crippen LogP) is 1.89. The van der Waals surface area contributed by atoms with E-state index in [1.54, 1.807) is 32.2 Å². The van der Waals surface area contributed by atoms with Gasteiger partial charge >= 0.3 is 10.3 Å². The zero-order chi connectivity index (χ0) is 18.3. The van der Waals surface area contributed by atoms with Gasteiger partial charge in [0, 0.05) is 13.6 Å². The number of hydrogen-bond acceptors (Lipinski definition) is 4. The van der Waals surface area contributed by atoms with Crippen LogP contribution in [0.5, 0.6) is 0 Å². The molecular weight excluding hydrogens is 350 g/mol. The van der Waals surface area contributed by atoms with E-state index in [4.69, 9.17) is 16.8 Å². The van der Waals surface area contributed by atoms with Crippen LogP contribution in [0.25, 0.3) is 0 Å². The summed E-state index contributed by atoms with van der Waals surface area (Å²) in [7, 11) is -2.78. The van der Waals surface area contributed by atoms with Crippen molar-refractivity contribution in [3.05, 3.63) is 29.3 Å². The van der Waals surface area contributed by atoms with Crippen LogP contribution in [0.1, 0.15) is 30.9 Å². The summed E-state index contributed by atoms with van der Waals surface area (Å²) in [5, 5.41) is 3.11. The van der Waals surface area contributed by atoms with Gasteiger partial charge < -0.3 is 5.32 Å². The summed E-state index contributed by atoms with van der Waals surface area (Å²) in [5.41, 5.74) is 1.44. The Hall–Kier alpha value is -1.71. The summed E-state index contributed by atoms with van der Waals surface area (Å²) in [4.78, 5) is 14.0. The van der Waals surface area contributed by atoms with Crippen molar-refractivity contribution >= 4 is 39.2 Å². The Morgan fingerprint density at radius 3 is 2.58 bits per heavy atom. The number of carbonyl (C=O) groups is 1. The minimum absolute atomic E-state index is 0.0380. The number of nitrogens with zero attached hydrogens (tertiary/aromatic N) is 1. The maximum Gasteiger partial charge on any atom is 0.357 e. The quantitative estimate of drug-likeness (QED) is 0.499. The molecule has 0 aromatic heterocycles. The second-order valence-electron chi connectivity index (χ2n) is 5.37. The first-order chi connectivity index (χ1) is 11.2. The molecule has 0 saturated carbocycles. The molecule has 0 heterocycles. The van der Waals surface area contributed by atoms with E-state index >= 15 is 0 Å². The summed E-state index contributed by atoms with van der Waals surface area (Å²) in [6, 6.07) is 4.98. The SMILES string of the molecule is CCCCN(C(=O)Cc1ccc(C)cc1NS(=O)(=O)O)C(=S)NC. The number of benzene rings is 1. The summed E-state index contributed by atoms with van der Waals surface area (Å²) in [5.74, 6) is -0.245. The van der Waals surface area contributed by atoms with Crippen molar-refractivity contribution in [3.63, 3.8) is 0 Å². The number of amides is 1. The van der Waals surface area contributed by atoms with E-state index in [2.05, 4.69) is 5.32 Å². The Morgan fingerprint density at radius 2 is 2.04 bits per heavy atom. The third-order valence-corrected chi connectivity index (χ3v) is 4.24. The fourth-order valence-corrected chi connectivity index (χ4v) is 2.79. The van der Waals surface area contributed by atoms with Gasteiger partial charge in [-0.3, -0.25) is 19.0 Å². The highest BCUT2D eigenvalue weighted by Crippen LogP contribution is 2.20. The fraction of sp³-hybridized carbons (Fsp3) is 0.467. The molecule has 0 unspecified atom stereocenters. The van der Waals surface area contributed by atoms with E-state index in [-0.39, 0.29) is 18.0 Å². The van der Waals surface area contributed by atoms with E-state index in [0.29, 0.717) is 17.2 Å². The standard InChI is InChI=1S/C15H23N3O4S2/c1-4-5-8-18(15(23)16-3)14(19)10-12-7-6-11(2)9-13(12)17-24(20,21)22/h6-7,9,17H,4-5,8,10H2,1-3H3,(H,16,23)(H,20,21,22). The highest BCUT2D eigenvalue weighted by molar-refractivity contribution is 7.87. The summed E-state index contributed by atoms with van der Waals surface area (Å²) < 4.78 is 33.2. The van der Waals surface area contributed by atoms with Crippen molar-refractivity contribution in [2.24, 2.45) is 0 Å². The lowest BCUT2D eigenvalue weighted by Crippen LogP contribution is -2.43. The van der Waals surface area contributed by atoms with Gasteiger partial charge in [-0.25, -0.2) is 0 Å². The molecule has 3 N–H and O–H groups in total. The van der Waals surface area contributed by atoms with E-state index in [1.807, 2.05) is 11.6 Å². The molecule has 1 amide bonds. The number of thiocarbonyl (C=S) groups is 1. The molecule has 0 aliphatic rings. The highest BCUT2D eigenvalue weighted by atomic mass is 32.2. The van der Waals surface area contributed by atoms with Crippen LogP contribution in [-0.4, -0.2) is 42.5 Å². The van der Waals surface area contributed by atoms with Crippen molar-refractivity contribution in [2.75, 3.05) is 18.3 Å². The minimum Gasteiger partial charge on any atom is -0.365 e. The van der Waals surface area contributed by atoms with Gasteiger partial charge in [-0.05, 0) is 42.8 Å². The lowest BCUT2D eigenvalue weighted by Gasteiger charge is -2.23. The van der Waals surface area contributed by atoms with Crippen LogP contribution < -0.4 is 10.0 Å². The van der Waals surface area contributed by atoms with E-state index < -0.39 is 10.3 Å². The third kappa shape index (κ3) is 6.42. The summed E-state index contributed by atoms with van der Waals surface area (Å²) in [6.07, 6.45) is 1.68. The van der Waals surface area contributed by atoms with Gasteiger partial charge in [-0.1, -0.05) is 25.5 Å². The Bertz CT molecular complexity index is 705. The van der Waals surface area contributed by atoms with Gasteiger partial charge in [0.2, 0.25) is 5.91 Å². The van der Waals surface area contributed by atoms with E-state index in [9.17, 15) is 13.2 Å². The highest BCUT2D eigenvalue weighted by Gasteiger charge is 2.19. The van der Waals surface area contributed by atoms with Crippen LogP contribution >= 0.6 is 12.2 Å². The van der Waals surface area contributed by atoms with Crippen molar-refractivity contribution in [2.45, 2.75) is 33.1 Å². The molecule has 0 bridgehead atoms. The maximum atomic E-state index is 12.6. The van der Waals surface area contributed by atoms with Gasteiger partial charge in [0.25, 0.3) is 0 Å². The first-order valence-corrected chi connectivity index (χ1v) is 9.39. The molecule has 0 aliphatic heterocycles.